The number of hydrogen-bond acceptors (Lipinski definition) is 6. The highest BCUT2D eigenvalue weighted by Gasteiger charge is 2.15. The van der Waals surface area contributed by atoms with E-state index in [4.69, 9.17) is 0 Å². The van der Waals surface area contributed by atoms with Crippen LogP contribution in [0.25, 0.3) is 4.96 Å². The molecule has 0 aliphatic rings. The second-order valence-electron chi connectivity index (χ2n) is 3.73. The van der Waals surface area contributed by atoms with E-state index in [2.05, 4.69) is 15.0 Å². The predicted octanol–water partition coefficient (Wildman–Crippen LogP) is -0.0328. The monoisotopic (exact) mass is 281 g/mol. The van der Waals surface area contributed by atoms with E-state index in [1.54, 1.807) is 12.3 Å². The summed E-state index contributed by atoms with van der Waals surface area (Å²) >= 11 is 1.32. The zero-order valence-electron chi connectivity index (χ0n) is 10.3. The smallest absolute Gasteiger partial charge is 0.325 e. The molecule has 1 amide bonds. The van der Waals surface area contributed by atoms with Crippen LogP contribution in [0.15, 0.2) is 16.4 Å². The first-order valence-electron chi connectivity index (χ1n) is 5.35. The number of nitrogens with zero attached hydrogens (tertiary/aromatic N) is 2. The van der Waals surface area contributed by atoms with Crippen LogP contribution in [0.1, 0.15) is 16.1 Å². The molecule has 0 spiro atoms. The molecule has 0 aliphatic heterocycles. The molecule has 2 aromatic heterocycles. The molecule has 0 saturated carbocycles. The maximum absolute atomic E-state index is 12.1. The van der Waals surface area contributed by atoms with Gasteiger partial charge in [-0.1, -0.05) is 0 Å². The van der Waals surface area contributed by atoms with Crippen molar-refractivity contribution in [3.05, 3.63) is 33.2 Å². The summed E-state index contributed by atoms with van der Waals surface area (Å²) in [4.78, 5) is 39.4. The average molecular weight is 281 g/mol. The highest BCUT2D eigenvalue weighted by molar-refractivity contribution is 7.15. The molecule has 2 rings (SSSR count). The first-order valence-corrected chi connectivity index (χ1v) is 6.23. The van der Waals surface area contributed by atoms with Crippen molar-refractivity contribution in [1.29, 1.82) is 0 Å². The fourth-order valence-electron chi connectivity index (χ4n) is 1.50. The Balaban J connectivity index is 2.32. The summed E-state index contributed by atoms with van der Waals surface area (Å²) in [6, 6.07) is 0. The maximum Gasteiger partial charge on any atom is 0.325 e. The lowest BCUT2D eigenvalue weighted by atomic mass is 10.3. The van der Waals surface area contributed by atoms with Gasteiger partial charge in [0.05, 0.1) is 7.11 Å². The molecular formula is C11H11N3O4S. The molecule has 0 atom stereocenters. The predicted molar refractivity (Wildman–Crippen MR) is 68.4 cm³/mol. The number of amides is 1. The minimum atomic E-state index is -0.650. The Kier molecular flexibility index (Phi) is 3.61. The van der Waals surface area contributed by atoms with Gasteiger partial charge in [-0.3, -0.25) is 18.8 Å². The van der Waals surface area contributed by atoms with Crippen LogP contribution < -0.4 is 10.9 Å². The molecule has 8 heteroatoms. The standard InChI is InChI=1S/C11H11N3O4S/c1-6-5-19-11-13-3-7(10(17)14(6)11)9(16)12-4-8(15)18-2/h3,5H,4H2,1-2H3,(H,12,16). The van der Waals surface area contributed by atoms with Crippen molar-refractivity contribution >= 4 is 28.2 Å². The molecule has 0 unspecified atom stereocenters. The number of aromatic nitrogens is 2. The van der Waals surface area contributed by atoms with E-state index in [-0.39, 0.29) is 12.1 Å². The van der Waals surface area contributed by atoms with Gasteiger partial charge in [-0.2, -0.15) is 0 Å². The zero-order valence-corrected chi connectivity index (χ0v) is 11.1. The van der Waals surface area contributed by atoms with Gasteiger partial charge in [-0.15, -0.1) is 11.3 Å². The summed E-state index contributed by atoms with van der Waals surface area (Å²) in [5.41, 5.74) is 0.147. The largest absolute Gasteiger partial charge is 0.468 e. The van der Waals surface area contributed by atoms with E-state index in [1.165, 1.54) is 29.0 Å². The molecule has 0 saturated heterocycles. The molecule has 0 bridgehead atoms. The molecule has 0 aliphatic carbocycles. The molecule has 2 aromatic rings. The fourth-order valence-corrected chi connectivity index (χ4v) is 2.33. The number of carbonyl (C=O) groups excluding carboxylic acids is 2. The number of ether oxygens (including phenoxy) is 1. The Morgan fingerprint density at radius 2 is 2.26 bits per heavy atom. The van der Waals surface area contributed by atoms with Crippen molar-refractivity contribution in [2.45, 2.75) is 6.92 Å². The third-order valence-electron chi connectivity index (χ3n) is 2.48. The number of thiazole rings is 1. The van der Waals surface area contributed by atoms with Crippen molar-refractivity contribution in [2.24, 2.45) is 0 Å². The third-order valence-corrected chi connectivity index (χ3v) is 3.44. The first kappa shape index (κ1) is 13.2. The Hall–Kier alpha value is -2.22. The number of methoxy groups -OCH3 is 1. The zero-order chi connectivity index (χ0) is 14.0. The Morgan fingerprint density at radius 1 is 1.53 bits per heavy atom. The van der Waals surface area contributed by atoms with E-state index >= 15 is 0 Å². The quantitative estimate of drug-likeness (QED) is 0.798. The number of aryl methyl sites for hydroxylation is 1. The lowest BCUT2D eigenvalue weighted by Crippen LogP contribution is -2.35. The number of nitrogens with one attached hydrogen (secondary N) is 1. The Morgan fingerprint density at radius 3 is 2.95 bits per heavy atom. The lowest BCUT2D eigenvalue weighted by molar-refractivity contribution is -0.139. The van der Waals surface area contributed by atoms with Gasteiger partial charge in [0, 0.05) is 17.3 Å². The molecule has 100 valence electrons. The van der Waals surface area contributed by atoms with Crippen LogP contribution in [0.5, 0.6) is 0 Å². The van der Waals surface area contributed by atoms with E-state index < -0.39 is 17.4 Å². The molecule has 19 heavy (non-hydrogen) atoms. The van der Waals surface area contributed by atoms with Gasteiger partial charge >= 0.3 is 5.97 Å². The number of esters is 1. The second-order valence-corrected chi connectivity index (χ2v) is 4.57. The molecule has 7 nitrogen and oxygen atoms in total. The van der Waals surface area contributed by atoms with Crippen molar-refractivity contribution < 1.29 is 14.3 Å². The van der Waals surface area contributed by atoms with Crippen molar-refractivity contribution in [3.8, 4) is 0 Å². The summed E-state index contributed by atoms with van der Waals surface area (Å²) in [7, 11) is 1.21. The van der Waals surface area contributed by atoms with Gasteiger partial charge in [0.2, 0.25) is 0 Å². The van der Waals surface area contributed by atoms with Gasteiger partial charge in [-0.25, -0.2) is 4.98 Å². The van der Waals surface area contributed by atoms with Crippen molar-refractivity contribution in [2.75, 3.05) is 13.7 Å². The third kappa shape index (κ3) is 2.48. The second kappa shape index (κ2) is 5.19. The molecule has 0 fully saturated rings. The van der Waals surface area contributed by atoms with Gasteiger partial charge in [0.25, 0.3) is 11.5 Å². The maximum atomic E-state index is 12.1. The summed E-state index contributed by atoms with van der Waals surface area (Å²) in [5, 5.41) is 4.08. The normalized spacial score (nSPS) is 10.4. The molecule has 2 heterocycles. The van der Waals surface area contributed by atoms with E-state index in [0.29, 0.717) is 10.7 Å². The number of rotatable bonds is 3. The minimum Gasteiger partial charge on any atom is -0.468 e. The summed E-state index contributed by atoms with van der Waals surface area (Å²) in [6.45, 7) is 1.46. The summed E-state index contributed by atoms with van der Waals surface area (Å²) < 4.78 is 5.75. The SMILES string of the molecule is COC(=O)CNC(=O)c1cnc2scc(C)n2c1=O. The average Bonchev–Trinajstić information content (AvgIpc) is 2.78. The summed E-state index contributed by atoms with van der Waals surface area (Å²) in [5.74, 6) is -1.24. The highest BCUT2D eigenvalue weighted by Crippen LogP contribution is 2.10. The number of carbonyl (C=O) groups is 2. The van der Waals surface area contributed by atoms with Crippen LogP contribution in [0, 0.1) is 6.92 Å². The van der Waals surface area contributed by atoms with Crippen LogP contribution in [-0.2, 0) is 9.53 Å². The number of hydrogen-bond donors (Lipinski definition) is 1. The van der Waals surface area contributed by atoms with E-state index in [9.17, 15) is 14.4 Å². The molecule has 0 aromatic carbocycles. The van der Waals surface area contributed by atoms with Crippen LogP contribution in [-0.4, -0.2) is 34.9 Å². The lowest BCUT2D eigenvalue weighted by Gasteiger charge is -2.03. The number of fused-ring (bicyclic) bond motifs is 1. The Labute approximate surface area is 111 Å². The van der Waals surface area contributed by atoms with E-state index in [0.717, 1.165) is 0 Å². The topological polar surface area (TPSA) is 89.8 Å². The molecular weight excluding hydrogens is 270 g/mol. The van der Waals surface area contributed by atoms with Crippen LogP contribution >= 0.6 is 11.3 Å². The van der Waals surface area contributed by atoms with Gasteiger partial charge in [0.1, 0.15) is 12.1 Å². The van der Waals surface area contributed by atoms with Crippen molar-refractivity contribution in [3.63, 3.8) is 0 Å². The van der Waals surface area contributed by atoms with Gasteiger partial charge < -0.3 is 10.1 Å². The van der Waals surface area contributed by atoms with Crippen LogP contribution in [0.4, 0.5) is 0 Å². The Bertz CT molecular complexity index is 704. The summed E-state index contributed by atoms with van der Waals surface area (Å²) in [6.07, 6.45) is 1.21. The van der Waals surface area contributed by atoms with Crippen LogP contribution in [0.3, 0.4) is 0 Å². The highest BCUT2D eigenvalue weighted by atomic mass is 32.1. The fraction of sp³-hybridized carbons (Fsp3) is 0.273. The van der Waals surface area contributed by atoms with Crippen molar-refractivity contribution in [1.82, 2.24) is 14.7 Å². The van der Waals surface area contributed by atoms with E-state index in [1.807, 2.05) is 0 Å². The minimum absolute atomic E-state index is 0.108. The first-order chi connectivity index (χ1) is 9.04. The molecule has 0 radical (unpaired) electrons. The van der Waals surface area contributed by atoms with Gasteiger partial charge in [-0.05, 0) is 6.92 Å². The molecule has 1 N–H and O–H groups in total. The van der Waals surface area contributed by atoms with Gasteiger partial charge in [0.15, 0.2) is 4.96 Å². The van der Waals surface area contributed by atoms with Crippen LogP contribution in [0.2, 0.25) is 0 Å².